The van der Waals surface area contributed by atoms with Gasteiger partial charge in [0, 0.05) is 29.0 Å². The van der Waals surface area contributed by atoms with Crippen LogP contribution in [0.4, 0.5) is 0 Å². The largest absolute Gasteiger partial charge is 0.416 e. The smallest absolute Gasteiger partial charge is 0.192 e. The zero-order valence-electron chi connectivity index (χ0n) is 10.2. The van der Waals surface area contributed by atoms with Crippen molar-refractivity contribution in [3.8, 4) is 22.6 Å². The molecule has 0 saturated carbocycles. The van der Waals surface area contributed by atoms with Crippen LogP contribution in [0.2, 0.25) is 18.1 Å². The Morgan fingerprint density at radius 1 is 1.20 bits per heavy atom. The third-order valence-corrected chi connectivity index (χ3v) is 7.43. The van der Waals surface area contributed by atoms with E-state index >= 15 is 0 Å². The minimum atomic E-state index is -1.59. The van der Waals surface area contributed by atoms with Gasteiger partial charge in [0.15, 0.2) is 8.32 Å². The van der Waals surface area contributed by atoms with Crippen molar-refractivity contribution in [1.82, 2.24) is 0 Å². The monoisotopic (exact) mass is 286 g/mol. The first-order chi connectivity index (χ1) is 6.81. The Hall–Kier alpha value is -0.223. The normalized spacial score (nSPS) is 11.1. The lowest BCUT2D eigenvalue weighted by atomic mass is 10.2. The van der Waals surface area contributed by atoms with Gasteiger partial charge in [0.05, 0.1) is 0 Å². The molecule has 84 valence electrons. The zero-order valence-corrected chi connectivity index (χ0v) is 12.8. The van der Waals surface area contributed by atoms with Crippen molar-refractivity contribution in [3.63, 3.8) is 0 Å². The summed E-state index contributed by atoms with van der Waals surface area (Å²) in [7, 11) is -1.59. The van der Waals surface area contributed by atoms with Crippen LogP contribution in [0.1, 0.15) is 27.2 Å². The quantitative estimate of drug-likeness (QED) is 0.436. The summed E-state index contributed by atoms with van der Waals surface area (Å²) in [6.45, 7) is 11.9. The van der Waals surface area contributed by atoms with Crippen molar-refractivity contribution in [3.05, 3.63) is 0 Å². The SMILES string of the molecule is CC(C)(C)[Si](C)(C)OCCC#CC#CBr. The van der Waals surface area contributed by atoms with E-state index in [1.54, 1.807) is 0 Å². The maximum Gasteiger partial charge on any atom is 0.192 e. The Bertz CT molecular complexity index is 306. The summed E-state index contributed by atoms with van der Waals surface area (Å²) in [5, 5.41) is 0.274. The second kappa shape index (κ2) is 6.38. The highest BCUT2D eigenvalue weighted by Crippen LogP contribution is 2.36. The molecule has 0 fully saturated rings. The molecule has 0 aliphatic heterocycles. The highest BCUT2D eigenvalue weighted by atomic mass is 79.9. The molecular weight excluding hydrogens is 268 g/mol. The van der Waals surface area contributed by atoms with Gasteiger partial charge >= 0.3 is 0 Å². The molecule has 0 aromatic carbocycles. The van der Waals surface area contributed by atoms with Crippen LogP contribution >= 0.6 is 15.9 Å². The Labute approximate surface area is 103 Å². The Morgan fingerprint density at radius 3 is 2.27 bits per heavy atom. The van der Waals surface area contributed by atoms with Gasteiger partial charge in [-0.25, -0.2) is 0 Å². The summed E-state index contributed by atoms with van der Waals surface area (Å²) in [5.41, 5.74) is 0. The molecule has 1 nitrogen and oxygen atoms in total. The van der Waals surface area contributed by atoms with Gasteiger partial charge in [0.2, 0.25) is 0 Å². The van der Waals surface area contributed by atoms with E-state index in [4.69, 9.17) is 4.43 Å². The molecule has 0 aromatic heterocycles. The first-order valence-electron chi connectivity index (χ1n) is 5.04. The molecule has 0 bridgehead atoms. The van der Waals surface area contributed by atoms with E-state index < -0.39 is 8.32 Å². The molecule has 0 saturated heterocycles. The zero-order chi connectivity index (χ0) is 11.9. The van der Waals surface area contributed by atoms with E-state index in [2.05, 4.69) is 72.4 Å². The molecule has 0 aliphatic carbocycles. The lowest BCUT2D eigenvalue weighted by Crippen LogP contribution is -2.40. The van der Waals surface area contributed by atoms with Crippen molar-refractivity contribution in [1.29, 1.82) is 0 Å². The van der Waals surface area contributed by atoms with Crippen molar-refractivity contribution < 1.29 is 4.43 Å². The van der Waals surface area contributed by atoms with Gasteiger partial charge in [0.25, 0.3) is 0 Å². The summed E-state index contributed by atoms with van der Waals surface area (Å²) in [6.07, 6.45) is 0.758. The Morgan fingerprint density at radius 2 is 1.80 bits per heavy atom. The minimum Gasteiger partial charge on any atom is -0.416 e. The van der Waals surface area contributed by atoms with Crippen LogP contribution in [0.3, 0.4) is 0 Å². The molecule has 0 N–H and O–H groups in total. The van der Waals surface area contributed by atoms with Gasteiger partial charge in [-0.15, -0.1) is 0 Å². The fraction of sp³-hybridized carbons (Fsp3) is 0.667. The molecule has 0 rings (SSSR count). The van der Waals surface area contributed by atoms with Crippen LogP contribution in [0.25, 0.3) is 0 Å². The predicted molar refractivity (Wildman–Crippen MR) is 72.2 cm³/mol. The van der Waals surface area contributed by atoms with E-state index in [9.17, 15) is 0 Å². The number of hydrogen-bond acceptors (Lipinski definition) is 1. The number of halogens is 1. The van der Waals surface area contributed by atoms with Crippen LogP contribution in [0, 0.1) is 22.6 Å². The molecule has 0 spiro atoms. The second-order valence-corrected chi connectivity index (χ2v) is 10.1. The highest BCUT2D eigenvalue weighted by molar-refractivity contribution is 9.12. The maximum absolute atomic E-state index is 5.95. The molecule has 0 aliphatic rings. The fourth-order valence-corrected chi connectivity index (χ4v) is 1.85. The summed E-state index contributed by atoms with van der Waals surface area (Å²) in [4.78, 5) is 2.56. The van der Waals surface area contributed by atoms with Crippen LogP contribution in [-0.4, -0.2) is 14.9 Å². The average Bonchev–Trinajstić information content (AvgIpc) is 2.09. The van der Waals surface area contributed by atoms with Crippen molar-refractivity contribution in [2.24, 2.45) is 0 Å². The maximum atomic E-state index is 5.95. The summed E-state index contributed by atoms with van der Waals surface area (Å²) >= 11 is 2.99. The van der Waals surface area contributed by atoms with Gasteiger partial charge in [-0.3, -0.25) is 0 Å². The molecule has 0 atom stereocenters. The second-order valence-electron chi connectivity index (χ2n) is 4.88. The molecule has 3 heteroatoms. The average molecular weight is 287 g/mol. The van der Waals surface area contributed by atoms with Crippen LogP contribution in [-0.2, 0) is 4.43 Å². The van der Waals surface area contributed by atoms with Gasteiger partial charge in [-0.05, 0) is 34.8 Å². The number of rotatable bonds is 3. The fourth-order valence-electron chi connectivity index (χ4n) is 0.704. The first kappa shape index (κ1) is 14.8. The molecule has 0 unspecified atom stereocenters. The van der Waals surface area contributed by atoms with Gasteiger partial charge < -0.3 is 4.43 Å². The van der Waals surface area contributed by atoms with Crippen molar-refractivity contribution in [2.45, 2.75) is 45.3 Å². The van der Waals surface area contributed by atoms with Crippen molar-refractivity contribution >= 4 is 24.2 Å². The Balaban J connectivity index is 3.96. The summed E-state index contributed by atoms with van der Waals surface area (Å²) in [6, 6.07) is 0. The third-order valence-electron chi connectivity index (χ3n) is 2.69. The van der Waals surface area contributed by atoms with E-state index in [0.717, 1.165) is 6.42 Å². The topological polar surface area (TPSA) is 9.23 Å². The Kier molecular flexibility index (Phi) is 6.28. The van der Waals surface area contributed by atoms with Gasteiger partial charge in [-0.1, -0.05) is 26.7 Å². The lowest BCUT2D eigenvalue weighted by Gasteiger charge is -2.35. The van der Waals surface area contributed by atoms with E-state index in [-0.39, 0.29) is 5.04 Å². The van der Waals surface area contributed by atoms with Gasteiger partial charge in [-0.2, -0.15) is 0 Å². The van der Waals surface area contributed by atoms with Crippen molar-refractivity contribution in [2.75, 3.05) is 6.61 Å². The molecule has 0 amide bonds. The molecule has 0 aromatic rings. The molecular formula is C12H19BrOSi. The van der Waals surface area contributed by atoms with Crippen LogP contribution in [0.15, 0.2) is 0 Å². The summed E-state index contributed by atoms with van der Waals surface area (Å²) < 4.78 is 5.95. The lowest BCUT2D eigenvalue weighted by molar-refractivity contribution is 0.296. The van der Waals surface area contributed by atoms with Gasteiger partial charge in [0.1, 0.15) is 0 Å². The van der Waals surface area contributed by atoms with Crippen LogP contribution < -0.4 is 0 Å². The van der Waals surface area contributed by atoms with E-state index in [1.165, 1.54) is 0 Å². The minimum absolute atomic E-state index is 0.274. The first-order valence-corrected chi connectivity index (χ1v) is 8.74. The van der Waals surface area contributed by atoms with E-state index in [1.807, 2.05) is 0 Å². The highest BCUT2D eigenvalue weighted by Gasteiger charge is 2.36. The standard InChI is InChI=1S/C12H19BrOSi/c1-12(2,3)15(4,5)14-11-9-7-6-8-10-13/h9,11H2,1-5H3. The van der Waals surface area contributed by atoms with Crippen LogP contribution in [0.5, 0.6) is 0 Å². The van der Waals surface area contributed by atoms with E-state index in [0.29, 0.717) is 6.61 Å². The molecule has 0 radical (unpaired) electrons. The number of hydrogen-bond donors (Lipinski definition) is 0. The molecule has 0 heterocycles. The predicted octanol–water partition coefficient (Wildman–Crippen LogP) is 3.76. The third kappa shape index (κ3) is 6.05. The molecule has 15 heavy (non-hydrogen) atoms. The summed E-state index contributed by atoms with van der Waals surface area (Å²) in [5.74, 6) is 8.33.